The molecule has 0 radical (unpaired) electrons. The minimum absolute atomic E-state index is 0.379. The lowest BCUT2D eigenvalue weighted by molar-refractivity contribution is -0.207. The van der Waals surface area contributed by atoms with Crippen LogP contribution in [-0.2, 0) is 27.1 Å². The van der Waals surface area contributed by atoms with Gasteiger partial charge in [-0.15, -0.1) is 0 Å². The molecule has 1 N–H and O–H groups in total. The number of hydrogen-bond acceptors (Lipinski definition) is 6. The molecule has 2 aromatic heterocycles. The van der Waals surface area contributed by atoms with Crippen LogP contribution in [0.2, 0.25) is 0 Å². The predicted molar refractivity (Wildman–Crippen MR) is 119 cm³/mol. The normalized spacial score (nSPS) is 28.9. The van der Waals surface area contributed by atoms with Gasteiger partial charge in [-0.2, -0.15) is 0 Å². The van der Waals surface area contributed by atoms with E-state index in [0.717, 1.165) is 40.7 Å². The van der Waals surface area contributed by atoms with Gasteiger partial charge >= 0.3 is 0 Å². The summed E-state index contributed by atoms with van der Waals surface area (Å²) in [6.07, 6.45) is 2.98. The van der Waals surface area contributed by atoms with Crippen molar-refractivity contribution in [3.8, 4) is 0 Å². The van der Waals surface area contributed by atoms with E-state index in [-0.39, 0.29) is 6.10 Å². The SMILES string of the molecule is C=C(C)c1ncnc2c1ccn2[C@@H]1O[C@H](C(O)c2ccc3c(c2)CC3)[C@H]2OC(C)(C)O[C@H]21. The number of ether oxygens (including phenoxy) is 3. The molecular formula is C25H27N3O4. The first-order chi connectivity index (χ1) is 15.3. The Bertz CT molecular complexity index is 1230. The third-order valence-electron chi connectivity index (χ3n) is 6.80. The van der Waals surface area contributed by atoms with E-state index in [1.165, 1.54) is 11.1 Å². The molecular weight excluding hydrogens is 406 g/mol. The van der Waals surface area contributed by atoms with E-state index in [2.05, 4.69) is 28.7 Å². The van der Waals surface area contributed by atoms with E-state index in [0.29, 0.717) is 0 Å². The van der Waals surface area contributed by atoms with Crippen LogP contribution in [0.5, 0.6) is 0 Å². The fourth-order valence-electron chi connectivity index (χ4n) is 5.19. The van der Waals surface area contributed by atoms with E-state index in [1.807, 2.05) is 43.7 Å². The largest absolute Gasteiger partial charge is 0.386 e. The fraction of sp³-hybridized carbons (Fsp3) is 0.440. The Labute approximate surface area is 186 Å². The molecule has 5 atom stereocenters. The summed E-state index contributed by atoms with van der Waals surface area (Å²) >= 11 is 0. The number of aryl methyl sites for hydroxylation is 2. The van der Waals surface area contributed by atoms with Gasteiger partial charge in [-0.3, -0.25) is 0 Å². The Hall–Kier alpha value is -2.58. The zero-order valence-corrected chi connectivity index (χ0v) is 18.5. The van der Waals surface area contributed by atoms with Crippen molar-refractivity contribution >= 4 is 16.6 Å². The second-order valence-corrected chi connectivity index (χ2v) is 9.49. The Morgan fingerprint density at radius 2 is 1.94 bits per heavy atom. The van der Waals surface area contributed by atoms with E-state index >= 15 is 0 Å². The van der Waals surface area contributed by atoms with Crippen LogP contribution in [0.15, 0.2) is 43.4 Å². The molecule has 2 saturated heterocycles. The molecule has 1 aromatic carbocycles. The van der Waals surface area contributed by atoms with Crippen molar-refractivity contribution in [2.24, 2.45) is 0 Å². The summed E-state index contributed by atoms with van der Waals surface area (Å²) in [6.45, 7) is 9.75. The number of fused-ring (bicyclic) bond motifs is 3. The number of aliphatic hydroxyl groups excluding tert-OH is 1. The molecule has 2 aliphatic heterocycles. The van der Waals surface area contributed by atoms with Gasteiger partial charge in [0.15, 0.2) is 12.0 Å². The quantitative estimate of drug-likeness (QED) is 0.676. The number of aliphatic hydroxyl groups is 1. The van der Waals surface area contributed by atoms with E-state index in [9.17, 15) is 5.11 Å². The van der Waals surface area contributed by atoms with Crippen molar-refractivity contribution < 1.29 is 19.3 Å². The molecule has 2 fully saturated rings. The van der Waals surface area contributed by atoms with Crippen LogP contribution in [0, 0.1) is 0 Å². The molecule has 7 nitrogen and oxygen atoms in total. The standard InChI is InChI=1S/C25H27N3O4/c1-13(2)18-17-9-10-28(23(17)27-12-26-18)24-22-21(31-25(3,4)32-22)20(30-24)19(29)16-8-6-14-5-7-15(14)11-16/h6,8-12,19-22,24,29H,1,5,7H2,2-4H3/t19?,20-,21-,22-,24-/m1/s1. The lowest BCUT2D eigenvalue weighted by atomic mass is 9.85. The summed E-state index contributed by atoms with van der Waals surface area (Å²) in [5, 5.41) is 12.2. The van der Waals surface area contributed by atoms with Gasteiger partial charge in [0.2, 0.25) is 0 Å². The maximum atomic E-state index is 11.3. The van der Waals surface area contributed by atoms with Gasteiger partial charge in [-0.25, -0.2) is 9.97 Å². The average molecular weight is 434 g/mol. The highest BCUT2D eigenvalue weighted by Gasteiger charge is 2.58. The molecule has 0 bridgehead atoms. The first-order valence-corrected chi connectivity index (χ1v) is 11.1. The van der Waals surface area contributed by atoms with Crippen molar-refractivity contribution in [3.63, 3.8) is 0 Å². The maximum Gasteiger partial charge on any atom is 0.164 e. The van der Waals surface area contributed by atoms with Crippen molar-refractivity contribution in [1.82, 2.24) is 14.5 Å². The third-order valence-corrected chi connectivity index (χ3v) is 6.80. The zero-order valence-electron chi connectivity index (χ0n) is 18.5. The molecule has 4 heterocycles. The molecule has 0 spiro atoms. The van der Waals surface area contributed by atoms with Gasteiger partial charge in [0.25, 0.3) is 0 Å². The average Bonchev–Trinajstić information content (AvgIpc) is 3.38. The first-order valence-electron chi connectivity index (χ1n) is 11.1. The van der Waals surface area contributed by atoms with E-state index in [4.69, 9.17) is 14.2 Å². The van der Waals surface area contributed by atoms with Gasteiger partial charge in [0, 0.05) is 11.6 Å². The van der Waals surface area contributed by atoms with Crippen molar-refractivity contribution in [2.45, 2.75) is 70.0 Å². The highest BCUT2D eigenvalue weighted by Crippen LogP contribution is 2.47. The first kappa shape index (κ1) is 20.1. The number of aromatic nitrogens is 3. The summed E-state index contributed by atoms with van der Waals surface area (Å²) in [4.78, 5) is 8.89. The second kappa shape index (κ2) is 6.96. The Kier molecular flexibility index (Phi) is 4.36. The van der Waals surface area contributed by atoms with Gasteiger partial charge in [-0.1, -0.05) is 24.8 Å². The van der Waals surface area contributed by atoms with E-state index < -0.39 is 30.3 Å². The number of hydrogen-bond donors (Lipinski definition) is 1. The molecule has 32 heavy (non-hydrogen) atoms. The molecule has 3 aromatic rings. The zero-order chi connectivity index (χ0) is 22.2. The molecule has 0 amide bonds. The Balaban J connectivity index is 1.39. The van der Waals surface area contributed by atoms with Gasteiger partial charge in [-0.05, 0) is 61.9 Å². The van der Waals surface area contributed by atoms with Crippen molar-refractivity contribution in [2.75, 3.05) is 0 Å². The Morgan fingerprint density at radius 3 is 2.66 bits per heavy atom. The molecule has 3 aliphatic rings. The Morgan fingerprint density at radius 1 is 1.16 bits per heavy atom. The van der Waals surface area contributed by atoms with Crippen LogP contribution < -0.4 is 0 Å². The third kappa shape index (κ3) is 2.96. The van der Waals surface area contributed by atoms with Crippen LogP contribution in [-0.4, -0.2) is 43.7 Å². The second-order valence-electron chi connectivity index (χ2n) is 9.49. The molecule has 7 heteroatoms. The minimum atomic E-state index is -0.821. The molecule has 166 valence electrons. The van der Waals surface area contributed by atoms with Gasteiger partial charge in [0.1, 0.15) is 36.4 Å². The smallest absolute Gasteiger partial charge is 0.164 e. The summed E-state index contributed by atoms with van der Waals surface area (Å²) < 4.78 is 20.9. The summed E-state index contributed by atoms with van der Waals surface area (Å²) in [5.74, 6) is -0.767. The monoisotopic (exact) mass is 433 g/mol. The van der Waals surface area contributed by atoms with Gasteiger partial charge in [0.05, 0.1) is 5.69 Å². The summed E-state index contributed by atoms with van der Waals surface area (Å²) in [5.41, 5.74) is 5.94. The van der Waals surface area contributed by atoms with Crippen molar-refractivity contribution in [1.29, 1.82) is 0 Å². The lowest BCUT2D eigenvalue weighted by Crippen LogP contribution is -2.34. The highest BCUT2D eigenvalue weighted by molar-refractivity contribution is 5.87. The number of allylic oxidation sites excluding steroid dienone is 1. The van der Waals surface area contributed by atoms with Crippen LogP contribution in [0.4, 0.5) is 0 Å². The predicted octanol–water partition coefficient (Wildman–Crippen LogP) is 3.71. The minimum Gasteiger partial charge on any atom is -0.386 e. The fourth-order valence-corrected chi connectivity index (χ4v) is 5.19. The molecule has 1 aliphatic carbocycles. The van der Waals surface area contributed by atoms with Crippen LogP contribution in [0.3, 0.4) is 0 Å². The van der Waals surface area contributed by atoms with Crippen LogP contribution >= 0.6 is 0 Å². The van der Waals surface area contributed by atoms with E-state index in [1.54, 1.807) is 6.33 Å². The maximum absolute atomic E-state index is 11.3. The number of nitrogens with zero attached hydrogens (tertiary/aromatic N) is 3. The highest BCUT2D eigenvalue weighted by atomic mass is 16.8. The summed E-state index contributed by atoms with van der Waals surface area (Å²) in [7, 11) is 0. The topological polar surface area (TPSA) is 78.6 Å². The van der Waals surface area contributed by atoms with Crippen LogP contribution in [0.25, 0.3) is 16.6 Å². The molecule has 1 unspecified atom stereocenters. The molecule has 0 saturated carbocycles. The molecule has 6 rings (SSSR count). The van der Waals surface area contributed by atoms with Crippen LogP contribution in [0.1, 0.15) is 55.5 Å². The lowest BCUT2D eigenvalue weighted by Gasteiger charge is -2.28. The number of benzene rings is 1. The van der Waals surface area contributed by atoms with Gasteiger partial charge < -0.3 is 23.9 Å². The van der Waals surface area contributed by atoms with Crippen molar-refractivity contribution in [3.05, 3.63) is 65.8 Å². The number of rotatable bonds is 4. The summed E-state index contributed by atoms with van der Waals surface area (Å²) in [6, 6.07) is 8.16.